The minimum absolute atomic E-state index is 0.486. The zero-order valence-corrected chi connectivity index (χ0v) is 13.2. The van der Waals surface area contributed by atoms with Crippen molar-refractivity contribution < 1.29 is 0 Å². The van der Waals surface area contributed by atoms with E-state index in [1.54, 1.807) is 0 Å². The van der Waals surface area contributed by atoms with Crippen molar-refractivity contribution in [2.75, 3.05) is 26.2 Å². The van der Waals surface area contributed by atoms with Crippen LogP contribution in [0, 0.1) is 5.92 Å². The smallest absolute Gasteiger partial charge is 0.0309 e. The van der Waals surface area contributed by atoms with Crippen molar-refractivity contribution in [1.82, 2.24) is 10.2 Å². The number of unbranched alkanes of at least 4 members (excludes halogenated alkanes) is 1. The van der Waals surface area contributed by atoms with Gasteiger partial charge in [-0.15, -0.1) is 0 Å². The van der Waals surface area contributed by atoms with Crippen LogP contribution in [0.25, 0.3) is 0 Å². The number of rotatable bonds is 6. The molecule has 1 saturated carbocycles. The third-order valence-electron chi connectivity index (χ3n) is 5.32. The standard InChI is InChI=1S/C17H34N2/c1-3-5-9-16(4-2)14-19-13-12-18-17(15-19)10-7-6-8-11-17/h16,18H,3-15H2,1-2H3. The molecule has 0 aromatic heterocycles. The first-order valence-corrected chi connectivity index (χ1v) is 8.75. The van der Waals surface area contributed by atoms with Gasteiger partial charge in [-0.1, -0.05) is 52.4 Å². The second kappa shape index (κ2) is 7.64. The van der Waals surface area contributed by atoms with Gasteiger partial charge >= 0.3 is 0 Å². The molecule has 112 valence electrons. The molecule has 0 radical (unpaired) electrons. The Morgan fingerprint density at radius 1 is 1.16 bits per heavy atom. The maximum Gasteiger partial charge on any atom is 0.0309 e. The highest BCUT2D eigenvalue weighted by atomic mass is 15.2. The summed E-state index contributed by atoms with van der Waals surface area (Å²) in [6.07, 6.45) is 12.7. The lowest BCUT2D eigenvalue weighted by Gasteiger charge is -2.47. The van der Waals surface area contributed by atoms with Crippen LogP contribution in [0.15, 0.2) is 0 Å². The molecule has 19 heavy (non-hydrogen) atoms. The molecule has 0 aromatic carbocycles. The number of hydrogen-bond donors (Lipinski definition) is 1. The monoisotopic (exact) mass is 266 g/mol. The van der Waals surface area contributed by atoms with E-state index in [0.29, 0.717) is 5.54 Å². The summed E-state index contributed by atoms with van der Waals surface area (Å²) in [5.74, 6) is 0.929. The molecule has 0 bridgehead atoms. The summed E-state index contributed by atoms with van der Waals surface area (Å²) < 4.78 is 0. The Hall–Kier alpha value is -0.0800. The quantitative estimate of drug-likeness (QED) is 0.786. The highest BCUT2D eigenvalue weighted by molar-refractivity contribution is 4.96. The van der Waals surface area contributed by atoms with Gasteiger partial charge in [-0.2, -0.15) is 0 Å². The lowest BCUT2D eigenvalue weighted by Crippen LogP contribution is -2.61. The van der Waals surface area contributed by atoms with Gasteiger partial charge in [0.15, 0.2) is 0 Å². The van der Waals surface area contributed by atoms with E-state index in [-0.39, 0.29) is 0 Å². The zero-order chi connectivity index (χ0) is 13.6. The van der Waals surface area contributed by atoms with Crippen molar-refractivity contribution in [2.24, 2.45) is 5.92 Å². The van der Waals surface area contributed by atoms with E-state index in [9.17, 15) is 0 Å². The van der Waals surface area contributed by atoms with Crippen molar-refractivity contribution in [3.8, 4) is 0 Å². The Kier molecular flexibility index (Phi) is 6.15. The molecular formula is C17H34N2. The average molecular weight is 266 g/mol. The van der Waals surface area contributed by atoms with E-state index in [0.717, 1.165) is 5.92 Å². The van der Waals surface area contributed by atoms with Crippen LogP contribution in [0.3, 0.4) is 0 Å². The van der Waals surface area contributed by atoms with Gasteiger partial charge in [-0.3, -0.25) is 4.90 Å². The predicted molar refractivity (Wildman–Crippen MR) is 83.6 cm³/mol. The fourth-order valence-corrected chi connectivity index (χ4v) is 4.04. The van der Waals surface area contributed by atoms with Gasteiger partial charge in [-0.05, 0) is 25.2 Å². The maximum absolute atomic E-state index is 3.86. The summed E-state index contributed by atoms with van der Waals surface area (Å²) in [6, 6.07) is 0. The lowest BCUT2D eigenvalue weighted by molar-refractivity contribution is 0.0851. The first-order valence-electron chi connectivity index (χ1n) is 8.75. The molecule has 1 atom stereocenters. The van der Waals surface area contributed by atoms with Crippen molar-refractivity contribution in [1.29, 1.82) is 0 Å². The predicted octanol–water partition coefficient (Wildman–Crippen LogP) is 3.81. The fourth-order valence-electron chi connectivity index (χ4n) is 4.04. The molecule has 1 saturated heterocycles. The molecule has 0 aromatic rings. The minimum Gasteiger partial charge on any atom is -0.309 e. The van der Waals surface area contributed by atoms with Gasteiger partial charge in [0, 0.05) is 31.7 Å². The summed E-state index contributed by atoms with van der Waals surface area (Å²) in [6.45, 7) is 9.83. The first-order chi connectivity index (χ1) is 9.28. The Morgan fingerprint density at radius 2 is 1.95 bits per heavy atom. The van der Waals surface area contributed by atoms with Crippen LogP contribution in [-0.4, -0.2) is 36.6 Å². The van der Waals surface area contributed by atoms with Gasteiger partial charge in [0.1, 0.15) is 0 Å². The van der Waals surface area contributed by atoms with E-state index in [1.807, 2.05) is 0 Å². The third-order valence-corrected chi connectivity index (χ3v) is 5.32. The van der Waals surface area contributed by atoms with Crippen molar-refractivity contribution in [3.63, 3.8) is 0 Å². The van der Waals surface area contributed by atoms with Gasteiger partial charge < -0.3 is 5.32 Å². The van der Waals surface area contributed by atoms with Gasteiger partial charge in [0.25, 0.3) is 0 Å². The summed E-state index contributed by atoms with van der Waals surface area (Å²) in [7, 11) is 0. The molecule has 1 unspecified atom stereocenters. The zero-order valence-electron chi connectivity index (χ0n) is 13.2. The number of nitrogens with one attached hydrogen (secondary N) is 1. The molecule has 1 heterocycles. The second-order valence-corrected chi connectivity index (χ2v) is 6.92. The van der Waals surface area contributed by atoms with Gasteiger partial charge in [0.05, 0.1) is 0 Å². The molecule has 1 aliphatic heterocycles. The fraction of sp³-hybridized carbons (Fsp3) is 1.00. The third kappa shape index (κ3) is 4.46. The van der Waals surface area contributed by atoms with Crippen LogP contribution in [0.2, 0.25) is 0 Å². The number of hydrogen-bond acceptors (Lipinski definition) is 2. The van der Waals surface area contributed by atoms with Gasteiger partial charge in [-0.25, -0.2) is 0 Å². The van der Waals surface area contributed by atoms with Crippen LogP contribution in [0.4, 0.5) is 0 Å². The van der Waals surface area contributed by atoms with E-state index in [1.165, 1.54) is 84.0 Å². The molecule has 2 fully saturated rings. The highest BCUT2D eigenvalue weighted by Gasteiger charge is 2.36. The van der Waals surface area contributed by atoms with Crippen LogP contribution < -0.4 is 5.32 Å². The Morgan fingerprint density at radius 3 is 2.63 bits per heavy atom. The first kappa shape index (κ1) is 15.3. The second-order valence-electron chi connectivity index (χ2n) is 6.92. The molecule has 1 N–H and O–H groups in total. The average Bonchev–Trinajstić information content (AvgIpc) is 2.44. The molecule has 1 spiro atoms. The Balaban J connectivity index is 1.82. The van der Waals surface area contributed by atoms with Crippen molar-refractivity contribution >= 4 is 0 Å². The van der Waals surface area contributed by atoms with Crippen LogP contribution in [0.1, 0.15) is 71.6 Å². The molecule has 2 heteroatoms. The molecular weight excluding hydrogens is 232 g/mol. The van der Waals surface area contributed by atoms with E-state index >= 15 is 0 Å². The SMILES string of the molecule is CCCCC(CC)CN1CCNC2(CCCCC2)C1. The van der Waals surface area contributed by atoms with Crippen LogP contribution >= 0.6 is 0 Å². The van der Waals surface area contributed by atoms with Crippen molar-refractivity contribution in [3.05, 3.63) is 0 Å². The Labute approximate surface area is 120 Å². The van der Waals surface area contributed by atoms with Gasteiger partial charge in [0.2, 0.25) is 0 Å². The largest absolute Gasteiger partial charge is 0.309 e. The molecule has 1 aliphatic carbocycles. The summed E-state index contributed by atoms with van der Waals surface area (Å²) in [4.78, 5) is 2.77. The summed E-state index contributed by atoms with van der Waals surface area (Å²) in [5.41, 5.74) is 0.486. The number of piperazine rings is 1. The van der Waals surface area contributed by atoms with Crippen LogP contribution in [0.5, 0.6) is 0 Å². The van der Waals surface area contributed by atoms with E-state index in [4.69, 9.17) is 0 Å². The molecule has 2 nitrogen and oxygen atoms in total. The molecule has 0 amide bonds. The Bertz CT molecular complexity index is 240. The van der Waals surface area contributed by atoms with Crippen molar-refractivity contribution in [2.45, 2.75) is 77.2 Å². The normalized spacial score (nSPS) is 25.6. The lowest BCUT2D eigenvalue weighted by atomic mass is 9.80. The van der Waals surface area contributed by atoms with Crippen LogP contribution in [-0.2, 0) is 0 Å². The highest BCUT2D eigenvalue weighted by Crippen LogP contribution is 2.31. The maximum atomic E-state index is 3.86. The molecule has 2 rings (SSSR count). The molecule has 2 aliphatic rings. The van der Waals surface area contributed by atoms with E-state index < -0.39 is 0 Å². The summed E-state index contributed by atoms with van der Waals surface area (Å²) >= 11 is 0. The minimum atomic E-state index is 0.486. The van der Waals surface area contributed by atoms with E-state index in [2.05, 4.69) is 24.1 Å². The topological polar surface area (TPSA) is 15.3 Å². The summed E-state index contributed by atoms with van der Waals surface area (Å²) in [5, 5.41) is 3.86. The number of nitrogens with zero attached hydrogens (tertiary/aromatic N) is 1.